The van der Waals surface area contributed by atoms with Crippen LogP contribution in [-0.4, -0.2) is 23.2 Å². The monoisotopic (exact) mass is 227 g/mol. The number of nitrogens with one attached hydrogen (secondary N) is 1. The number of carbonyl (C=O) groups is 1. The van der Waals surface area contributed by atoms with Gasteiger partial charge in [-0.15, -0.1) is 0 Å². The Hall–Kier alpha value is -0.570. The average Bonchev–Trinajstić information content (AvgIpc) is 2.93. The lowest BCUT2D eigenvalue weighted by Crippen LogP contribution is -2.43. The Bertz CT molecular complexity index is 234. The fourth-order valence-electron chi connectivity index (χ4n) is 2.30. The second-order valence-corrected chi connectivity index (χ2v) is 5.26. The van der Waals surface area contributed by atoms with E-state index >= 15 is 0 Å². The van der Waals surface area contributed by atoms with Crippen LogP contribution in [0.5, 0.6) is 0 Å². The van der Waals surface area contributed by atoms with Gasteiger partial charge in [0.2, 0.25) is 5.91 Å². The molecular formula is C13H25NO2. The molecule has 1 fully saturated rings. The summed E-state index contributed by atoms with van der Waals surface area (Å²) >= 11 is 0. The summed E-state index contributed by atoms with van der Waals surface area (Å²) in [6, 6.07) is 0. The zero-order valence-electron chi connectivity index (χ0n) is 10.8. The van der Waals surface area contributed by atoms with Crippen LogP contribution in [0.1, 0.15) is 52.9 Å². The smallest absolute Gasteiger partial charge is 0.223 e. The molecule has 2 atom stereocenters. The predicted molar refractivity (Wildman–Crippen MR) is 65.0 cm³/mol. The first-order chi connectivity index (χ1) is 7.52. The highest BCUT2D eigenvalue weighted by molar-refractivity contribution is 5.81. The Morgan fingerprint density at radius 1 is 1.38 bits per heavy atom. The maximum Gasteiger partial charge on any atom is 0.223 e. The van der Waals surface area contributed by atoms with E-state index in [2.05, 4.69) is 26.1 Å². The minimum Gasteiger partial charge on any atom is -0.388 e. The van der Waals surface area contributed by atoms with E-state index in [0.29, 0.717) is 12.5 Å². The number of aliphatic hydroxyl groups is 1. The van der Waals surface area contributed by atoms with Crippen molar-refractivity contribution in [1.29, 1.82) is 0 Å². The summed E-state index contributed by atoms with van der Waals surface area (Å²) in [4.78, 5) is 11.6. The summed E-state index contributed by atoms with van der Waals surface area (Å²) in [5.74, 6) is 0.857. The van der Waals surface area contributed by atoms with Crippen molar-refractivity contribution in [2.24, 2.45) is 11.8 Å². The molecule has 1 aliphatic carbocycles. The Morgan fingerprint density at radius 3 is 2.25 bits per heavy atom. The first kappa shape index (κ1) is 13.5. The topological polar surface area (TPSA) is 49.3 Å². The predicted octanol–water partition coefficient (Wildman–Crippen LogP) is 2.09. The largest absolute Gasteiger partial charge is 0.388 e. The molecule has 94 valence electrons. The van der Waals surface area contributed by atoms with Crippen LogP contribution in [0.25, 0.3) is 0 Å². The molecule has 16 heavy (non-hydrogen) atoms. The fourth-order valence-corrected chi connectivity index (χ4v) is 2.30. The van der Waals surface area contributed by atoms with E-state index in [-0.39, 0.29) is 11.8 Å². The summed E-state index contributed by atoms with van der Waals surface area (Å²) in [5, 5.41) is 13.2. The van der Waals surface area contributed by atoms with Crippen LogP contribution < -0.4 is 5.32 Å². The molecule has 1 aliphatic rings. The van der Waals surface area contributed by atoms with E-state index in [0.717, 1.165) is 32.1 Å². The molecule has 0 aromatic rings. The van der Waals surface area contributed by atoms with Gasteiger partial charge in [-0.1, -0.05) is 33.6 Å². The van der Waals surface area contributed by atoms with Gasteiger partial charge in [-0.3, -0.25) is 4.79 Å². The molecular weight excluding hydrogens is 202 g/mol. The van der Waals surface area contributed by atoms with Crippen molar-refractivity contribution in [2.45, 2.75) is 58.5 Å². The maximum atomic E-state index is 11.6. The van der Waals surface area contributed by atoms with Crippen LogP contribution in [0.15, 0.2) is 0 Å². The highest BCUT2D eigenvalue weighted by Gasteiger charge is 2.39. The van der Waals surface area contributed by atoms with Crippen molar-refractivity contribution < 1.29 is 9.90 Å². The zero-order chi connectivity index (χ0) is 12.2. The molecule has 0 heterocycles. The van der Waals surface area contributed by atoms with Gasteiger partial charge in [0.15, 0.2) is 0 Å². The molecule has 2 unspecified atom stereocenters. The SMILES string of the molecule is CCCC(O)(CCC)CNC(=O)C1CC1C. The van der Waals surface area contributed by atoms with Gasteiger partial charge in [-0.05, 0) is 25.2 Å². The molecule has 0 bridgehead atoms. The van der Waals surface area contributed by atoms with Gasteiger partial charge in [0.05, 0.1) is 5.60 Å². The van der Waals surface area contributed by atoms with Gasteiger partial charge in [0.25, 0.3) is 0 Å². The van der Waals surface area contributed by atoms with E-state index in [9.17, 15) is 9.90 Å². The zero-order valence-corrected chi connectivity index (χ0v) is 10.8. The summed E-state index contributed by atoms with van der Waals surface area (Å²) in [7, 11) is 0. The second kappa shape index (κ2) is 5.67. The quantitative estimate of drug-likeness (QED) is 0.699. The van der Waals surface area contributed by atoms with Crippen LogP contribution in [0.3, 0.4) is 0 Å². The van der Waals surface area contributed by atoms with Crippen LogP contribution >= 0.6 is 0 Å². The third kappa shape index (κ3) is 3.78. The van der Waals surface area contributed by atoms with Crippen molar-refractivity contribution in [2.75, 3.05) is 6.54 Å². The van der Waals surface area contributed by atoms with Crippen LogP contribution in [0, 0.1) is 11.8 Å². The lowest BCUT2D eigenvalue weighted by Gasteiger charge is -2.27. The molecule has 2 N–H and O–H groups in total. The lowest BCUT2D eigenvalue weighted by atomic mass is 9.92. The number of hydrogen-bond acceptors (Lipinski definition) is 2. The van der Waals surface area contributed by atoms with Crippen molar-refractivity contribution in [1.82, 2.24) is 5.32 Å². The molecule has 0 saturated heterocycles. The summed E-state index contributed by atoms with van der Waals surface area (Å²) in [6.45, 7) is 6.63. The van der Waals surface area contributed by atoms with Crippen LogP contribution in [-0.2, 0) is 4.79 Å². The fraction of sp³-hybridized carbons (Fsp3) is 0.923. The third-order valence-corrected chi connectivity index (χ3v) is 3.47. The molecule has 3 nitrogen and oxygen atoms in total. The van der Waals surface area contributed by atoms with Crippen molar-refractivity contribution in [3.63, 3.8) is 0 Å². The van der Waals surface area contributed by atoms with Crippen LogP contribution in [0.2, 0.25) is 0 Å². The number of hydrogen-bond donors (Lipinski definition) is 2. The molecule has 0 aromatic heterocycles. The number of rotatable bonds is 7. The first-order valence-electron chi connectivity index (χ1n) is 6.52. The van der Waals surface area contributed by atoms with E-state index in [1.807, 2.05) is 0 Å². The molecule has 0 aliphatic heterocycles. The Kier molecular flexibility index (Phi) is 4.78. The highest BCUT2D eigenvalue weighted by Crippen LogP contribution is 2.37. The van der Waals surface area contributed by atoms with Crippen LogP contribution in [0.4, 0.5) is 0 Å². The van der Waals surface area contributed by atoms with E-state index in [1.54, 1.807) is 0 Å². The molecule has 1 amide bonds. The summed E-state index contributed by atoms with van der Waals surface area (Å²) in [5.41, 5.74) is -0.697. The molecule has 1 saturated carbocycles. The molecule has 3 heteroatoms. The van der Waals surface area contributed by atoms with Gasteiger partial charge in [-0.25, -0.2) is 0 Å². The molecule has 0 aromatic carbocycles. The second-order valence-electron chi connectivity index (χ2n) is 5.26. The van der Waals surface area contributed by atoms with Crippen molar-refractivity contribution >= 4 is 5.91 Å². The van der Waals surface area contributed by atoms with Gasteiger partial charge in [0, 0.05) is 12.5 Å². The lowest BCUT2D eigenvalue weighted by molar-refractivity contribution is -0.124. The minimum absolute atomic E-state index is 0.123. The number of amides is 1. The molecule has 1 rings (SSSR count). The van der Waals surface area contributed by atoms with E-state index in [1.165, 1.54) is 0 Å². The van der Waals surface area contributed by atoms with Gasteiger partial charge < -0.3 is 10.4 Å². The Balaban J connectivity index is 2.34. The Labute approximate surface area is 98.6 Å². The molecule has 0 radical (unpaired) electrons. The Morgan fingerprint density at radius 2 is 1.88 bits per heavy atom. The van der Waals surface area contributed by atoms with Gasteiger partial charge >= 0.3 is 0 Å². The first-order valence-corrected chi connectivity index (χ1v) is 6.52. The third-order valence-electron chi connectivity index (χ3n) is 3.47. The maximum absolute atomic E-state index is 11.6. The van der Waals surface area contributed by atoms with Crippen molar-refractivity contribution in [3.8, 4) is 0 Å². The average molecular weight is 227 g/mol. The number of carbonyl (C=O) groups excluding carboxylic acids is 1. The van der Waals surface area contributed by atoms with E-state index < -0.39 is 5.60 Å². The summed E-state index contributed by atoms with van der Waals surface area (Å²) < 4.78 is 0. The summed E-state index contributed by atoms with van der Waals surface area (Å²) in [6.07, 6.45) is 4.44. The van der Waals surface area contributed by atoms with E-state index in [4.69, 9.17) is 0 Å². The van der Waals surface area contributed by atoms with Gasteiger partial charge in [-0.2, -0.15) is 0 Å². The standard InChI is InChI=1S/C13H25NO2/c1-4-6-13(16,7-5-2)9-14-12(15)11-8-10(11)3/h10-11,16H,4-9H2,1-3H3,(H,14,15). The molecule has 0 spiro atoms. The van der Waals surface area contributed by atoms with Gasteiger partial charge in [0.1, 0.15) is 0 Å². The highest BCUT2D eigenvalue weighted by atomic mass is 16.3. The van der Waals surface area contributed by atoms with Crippen molar-refractivity contribution in [3.05, 3.63) is 0 Å². The minimum atomic E-state index is -0.697. The normalized spacial score (nSPS) is 24.2.